The molecule has 0 radical (unpaired) electrons. The lowest BCUT2D eigenvalue weighted by atomic mass is 9.80. The zero-order valence-corrected chi connectivity index (χ0v) is 8.73. The predicted molar refractivity (Wildman–Crippen MR) is 56.1 cm³/mol. The highest BCUT2D eigenvalue weighted by molar-refractivity contribution is 5.93. The molecule has 1 saturated carbocycles. The highest BCUT2D eigenvalue weighted by Gasteiger charge is 2.34. The minimum absolute atomic E-state index is 0.241. The van der Waals surface area contributed by atoms with Crippen LogP contribution in [0.5, 0.6) is 0 Å². The average molecular weight is 223 g/mol. The van der Waals surface area contributed by atoms with Crippen molar-refractivity contribution < 1.29 is 14.3 Å². The molecule has 1 aromatic heterocycles. The summed E-state index contributed by atoms with van der Waals surface area (Å²) >= 11 is 0. The molecule has 0 bridgehead atoms. The lowest BCUT2D eigenvalue weighted by Gasteiger charge is -2.36. The van der Waals surface area contributed by atoms with Gasteiger partial charge < -0.3 is 14.8 Å². The number of amides is 1. The minimum atomic E-state index is -0.745. The van der Waals surface area contributed by atoms with Gasteiger partial charge in [-0.15, -0.1) is 0 Å². The number of carbonyl (C=O) groups excluding carboxylic acids is 1. The fraction of sp³-hybridized carbons (Fsp3) is 0.455. The monoisotopic (exact) mass is 223 g/mol. The van der Waals surface area contributed by atoms with Gasteiger partial charge in [0.2, 0.25) is 0 Å². The second-order valence-electron chi connectivity index (χ2n) is 4.10. The van der Waals surface area contributed by atoms with Gasteiger partial charge in [0, 0.05) is 12.6 Å². The highest BCUT2D eigenvalue weighted by Crippen LogP contribution is 2.30. The highest BCUT2D eigenvalue weighted by atomic mass is 16.4. The lowest BCUT2D eigenvalue weighted by Crippen LogP contribution is -2.47. The van der Waals surface area contributed by atoms with Crippen LogP contribution >= 0.6 is 0 Å². The van der Waals surface area contributed by atoms with Crippen molar-refractivity contribution in [2.75, 3.05) is 6.54 Å². The molecule has 2 N–H and O–H groups in total. The van der Waals surface area contributed by atoms with Gasteiger partial charge in [0.1, 0.15) is 6.26 Å². The molecule has 0 aliphatic heterocycles. The molecular formula is C11H13NO4. The minimum Gasteiger partial charge on any atom is -0.430 e. The van der Waals surface area contributed by atoms with Crippen LogP contribution in [0, 0.1) is 0 Å². The van der Waals surface area contributed by atoms with Crippen molar-refractivity contribution in [3.8, 4) is 0 Å². The van der Waals surface area contributed by atoms with Crippen LogP contribution in [-0.4, -0.2) is 23.2 Å². The molecule has 2 rings (SSSR count). The first-order valence-corrected chi connectivity index (χ1v) is 5.19. The fourth-order valence-electron chi connectivity index (χ4n) is 1.60. The van der Waals surface area contributed by atoms with Crippen LogP contribution in [-0.2, 0) is 0 Å². The van der Waals surface area contributed by atoms with Crippen molar-refractivity contribution in [2.24, 2.45) is 0 Å². The Kier molecular flexibility index (Phi) is 2.78. The molecule has 86 valence electrons. The zero-order chi connectivity index (χ0) is 11.6. The fourth-order valence-corrected chi connectivity index (χ4v) is 1.60. The number of nitrogens with one attached hydrogen (secondary N) is 1. The molecule has 0 atom stereocenters. The Hall–Kier alpha value is -1.62. The molecule has 1 aliphatic carbocycles. The van der Waals surface area contributed by atoms with E-state index in [4.69, 9.17) is 0 Å². The Balaban J connectivity index is 1.92. The number of aliphatic hydroxyl groups is 1. The summed E-state index contributed by atoms with van der Waals surface area (Å²) in [4.78, 5) is 22.2. The van der Waals surface area contributed by atoms with Gasteiger partial charge in [-0.05, 0) is 25.3 Å². The summed E-state index contributed by atoms with van der Waals surface area (Å²) in [5, 5.41) is 12.4. The van der Waals surface area contributed by atoms with Crippen molar-refractivity contribution >= 4 is 5.91 Å². The molecule has 0 spiro atoms. The average Bonchev–Trinajstić information content (AvgIpc) is 2.24. The molecular weight excluding hydrogens is 210 g/mol. The van der Waals surface area contributed by atoms with E-state index in [0.29, 0.717) is 0 Å². The van der Waals surface area contributed by atoms with Gasteiger partial charge in [-0.2, -0.15) is 0 Å². The van der Waals surface area contributed by atoms with Crippen LogP contribution in [0.1, 0.15) is 29.6 Å². The van der Waals surface area contributed by atoms with E-state index >= 15 is 0 Å². The van der Waals surface area contributed by atoms with Crippen molar-refractivity contribution in [2.45, 2.75) is 24.9 Å². The summed E-state index contributed by atoms with van der Waals surface area (Å²) in [6.07, 6.45) is 3.55. The summed E-state index contributed by atoms with van der Waals surface area (Å²) in [7, 11) is 0. The predicted octanol–water partition coefficient (Wildman–Crippen LogP) is 0.285. The Morgan fingerprint density at radius 2 is 2.25 bits per heavy atom. The van der Waals surface area contributed by atoms with Crippen LogP contribution < -0.4 is 10.9 Å². The smallest absolute Gasteiger partial charge is 0.335 e. The van der Waals surface area contributed by atoms with Gasteiger partial charge in [-0.25, -0.2) is 4.79 Å². The van der Waals surface area contributed by atoms with Gasteiger partial charge in [0.25, 0.3) is 5.91 Å². The Bertz CT molecular complexity index is 427. The van der Waals surface area contributed by atoms with E-state index in [1.54, 1.807) is 0 Å². The van der Waals surface area contributed by atoms with Crippen molar-refractivity contribution in [3.05, 3.63) is 34.4 Å². The lowest BCUT2D eigenvalue weighted by molar-refractivity contribution is -0.0300. The largest absolute Gasteiger partial charge is 0.430 e. The van der Waals surface area contributed by atoms with Gasteiger partial charge in [-0.1, -0.05) is 0 Å². The maximum atomic E-state index is 11.6. The maximum Gasteiger partial charge on any atom is 0.335 e. The normalized spacial score (nSPS) is 17.6. The van der Waals surface area contributed by atoms with Crippen LogP contribution in [0.25, 0.3) is 0 Å². The molecule has 5 nitrogen and oxygen atoms in total. The second kappa shape index (κ2) is 4.09. The van der Waals surface area contributed by atoms with Crippen LogP contribution in [0.2, 0.25) is 0 Å². The van der Waals surface area contributed by atoms with E-state index in [1.807, 2.05) is 0 Å². The first-order chi connectivity index (χ1) is 7.59. The van der Waals surface area contributed by atoms with Gasteiger partial charge in [-0.3, -0.25) is 4.79 Å². The summed E-state index contributed by atoms with van der Waals surface area (Å²) in [6, 6.07) is 2.58. The summed E-state index contributed by atoms with van der Waals surface area (Å²) in [5.74, 6) is -0.343. The molecule has 0 unspecified atom stereocenters. The quantitative estimate of drug-likeness (QED) is 0.771. The second-order valence-corrected chi connectivity index (χ2v) is 4.10. The summed E-state index contributed by atoms with van der Waals surface area (Å²) in [6.45, 7) is 0.241. The topological polar surface area (TPSA) is 79.5 Å². The molecule has 1 heterocycles. The van der Waals surface area contributed by atoms with Crippen molar-refractivity contribution in [1.82, 2.24) is 5.32 Å². The first-order valence-electron chi connectivity index (χ1n) is 5.19. The van der Waals surface area contributed by atoms with Gasteiger partial charge in [0.15, 0.2) is 0 Å². The first kappa shape index (κ1) is 10.9. The molecule has 0 aromatic carbocycles. The standard InChI is InChI=1S/C11H13NO4/c13-9-3-2-8(6-16-9)10(14)12-7-11(15)4-1-5-11/h2-3,6,15H,1,4-5,7H2,(H,12,14). The van der Waals surface area contributed by atoms with Gasteiger partial charge >= 0.3 is 5.63 Å². The summed E-state index contributed by atoms with van der Waals surface area (Å²) in [5.41, 5.74) is -0.956. The van der Waals surface area contributed by atoms with E-state index in [0.717, 1.165) is 25.5 Å². The van der Waals surface area contributed by atoms with E-state index < -0.39 is 11.2 Å². The molecule has 1 aromatic rings. The molecule has 1 fully saturated rings. The maximum absolute atomic E-state index is 11.6. The number of rotatable bonds is 3. The van der Waals surface area contributed by atoms with Crippen LogP contribution in [0.15, 0.2) is 27.6 Å². The Labute approximate surface area is 92.1 Å². The van der Waals surface area contributed by atoms with Crippen LogP contribution in [0.4, 0.5) is 0 Å². The molecule has 0 saturated heterocycles. The van der Waals surface area contributed by atoms with Crippen LogP contribution in [0.3, 0.4) is 0 Å². The molecule has 16 heavy (non-hydrogen) atoms. The van der Waals surface area contributed by atoms with E-state index in [9.17, 15) is 14.7 Å². The molecule has 5 heteroatoms. The Morgan fingerprint density at radius 3 is 2.75 bits per heavy atom. The molecule has 1 amide bonds. The SMILES string of the molecule is O=C(NCC1(O)CCC1)c1ccc(=O)oc1. The number of hydrogen-bond acceptors (Lipinski definition) is 4. The third-order valence-electron chi connectivity index (χ3n) is 2.83. The van der Waals surface area contributed by atoms with E-state index in [1.165, 1.54) is 12.1 Å². The third kappa shape index (κ3) is 2.30. The number of carbonyl (C=O) groups is 1. The van der Waals surface area contributed by atoms with E-state index in [2.05, 4.69) is 9.73 Å². The Morgan fingerprint density at radius 1 is 1.50 bits per heavy atom. The summed E-state index contributed by atoms with van der Waals surface area (Å²) < 4.78 is 4.57. The zero-order valence-electron chi connectivity index (χ0n) is 8.73. The molecule has 1 aliphatic rings. The van der Waals surface area contributed by atoms with Crippen molar-refractivity contribution in [3.63, 3.8) is 0 Å². The van der Waals surface area contributed by atoms with E-state index in [-0.39, 0.29) is 18.0 Å². The third-order valence-corrected chi connectivity index (χ3v) is 2.83. The van der Waals surface area contributed by atoms with Crippen molar-refractivity contribution in [1.29, 1.82) is 0 Å². The van der Waals surface area contributed by atoms with Gasteiger partial charge in [0.05, 0.1) is 11.2 Å². The number of hydrogen-bond donors (Lipinski definition) is 2.